The highest BCUT2D eigenvalue weighted by Gasteiger charge is 2.19. The van der Waals surface area contributed by atoms with Gasteiger partial charge < -0.3 is 4.98 Å². The first kappa shape index (κ1) is 14.6. The number of para-hydroxylation sites is 1. The number of hydrogen-bond acceptors (Lipinski definition) is 5. The molecule has 0 aliphatic heterocycles. The van der Waals surface area contributed by atoms with E-state index < -0.39 is 10.0 Å². The first-order chi connectivity index (χ1) is 10.5. The van der Waals surface area contributed by atoms with Crippen molar-refractivity contribution < 1.29 is 8.42 Å². The van der Waals surface area contributed by atoms with Gasteiger partial charge in [0.1, 0.15) is 6.07 Å². The molecule has 0 aliphatic rings. The summed E-state index contributed by atoms with van der Waals surface area (Å²) in [6.45, 7) is 1.92. The van der Waals surface area contributed by atoms with Crippen LogP contribution in [-0.2, 0) is 16.4 Å². The second-order valence-corrected chi connectivity index (χ2v) is 7.15. The number of rotatable bonds is 4. The minimum atomic E-state index is -3.75. The highest BCUT2D eigenvalue weighted by Crippen LogP contribution is 2.27. The number of sulfonamides is 1. The molecule has 2 N–H and O–H groups in total. The largest absolute Gasteiger partial charge is 0.358 e. The lowest BCUT2D eigenvalue weighted by Crippen LogP contribution is -2.13. The van der Waals surface area contributed by atoms with Gasteiger partial charge in [0, 0.05) is 17.0 Å². The van der Waals surface area contributed by atoms with Gasteiger partial charge in [-0.3, -0.25) is 4.72 Å². The third kappa shape index (κ3) is 2.45. The molecule has 0 amide bonds. The molecule has 6 nitrogen and oxygen atoms in total. The predicted octanol–water partition coefficient (Wildman–Crippen LogP) is 2.86. The van der Waals surface area contributed by atoms with Crippen LogP contribution in [0.2, 0.25) is 0 Å². The standard InChI is InChI=1S/C14H12N4O2S2/c1-2-12-17-13(8-21-12)22(19,20)18-11-5-3-4-10-9(6-15)7-16-14(10)11/h3-5,7-8,16,18H,2H2,1H3. The molecule has 0 atom stereocenters. The lowest BCUT2D eigenvalue weighted by Gasteiger charge is -2.07. The molecule has 8 heteroatoms. The molecule has 0 saturated carbocycles. The molecular formula is C14H12N4O2S2. The smallest absolute Gasteiger partial charge is 0.280 e. The van der Waals surface area contributed by atoms with E-state index in [4.69, 9.17) is 5.26 Å². The van der Waals surface area contributed by atoms with Crippen LogP contribution in [-0.4, -0.2) is 18.4 Å². The molecule has 0 aliphatic carbocycles. The van der Waals surface area contributed by atoms with Gasteiger partial charge in [-0.15, -0.1) is 11.3 Å². The number of anilines is 1. The molecule has 3 aromatic rings. The number of benzene rings is 1. The summed E-state index contributed by atoms with van der Waals surface area (Å²) < 4.78 is 27.3. The van der Waals surface area contributed by atoms with Crippen molar-refractivity contribution >= 4 is 38.0 Å². The number of thiazole rings is 1. The Hall–Kier alpha value is -2.37. The molecule has 0 radical (unpaired) electrons. The maximum Gasteiger partial charge on any atom is 0.280 e. The Bertz CT molecular complexity index is 980. The molecule has 2 heterocycles. The van der Waals surface area contributed by atoms with Crippen LogP contribution in [0, 0.1) is 11.3 Å². The van der Waals surface area contributed by atoms with E-state index in [1.54, 1.807) is 24.4 Å². The van der Waals surface area contributed by atoms with E-state index in [0.717, 1.165) is 5.01 Å². The van der Waals surface area contributed by atoms with Crippen LogP contribution in [0.25, 0.3) is 10.9 Å². The summed E-state index contributed by atoms with van der Waals surface area (Å²) in [5, 5.41) is 12.0. The number of H-pyrrole nitrogens is 1. The van der Waals surface area contributed by atoms with E-state index >= 15 is 0 Å². The molecule has 0 spiro atoms. The monoisotopic (exact) mass is 332 g/mol. The highest BCUT2D eigenvalue weighted by atomic mass is 32.2. The molecule has 112 valence electrons. The molecule has 22 heavy (non-hydrogen) atoms. The second kappa shape index (κ2) is 5.44. The summed E-state index contributed by atoms with van der Waals surface area (Å²) in [4.78, 5) is 7.03. The average Bonchev–Trinajstić information content (AvgIpc) is 3.14. The van der Waals surface area contributed by atoms with Gasteiger partial charge in [-0.05, 0) is 12.5 Å². The second-order valence-electron chi connectivity index (χ2n) is 4.58. The molecule has 3 rings (SSSR count). The SMILES string of the molecule is CCc1nc(S(=O)(=O)Nc2cccc3c(C#N)c[nH]c23)cs1. The van der Waals surface area contributed by atoms with Crippen LogP contribution in [0.4, 0.5) is 5.69 Å². The maximum absolute atomic E-state index is 12.4. The molecule has 2 aromatic heterocycles. The van der Waals surface area contributed by atoms with Gasteiger partial charge in [0.25, 0.3) is 10.0 Å². The minimum Gasteiger partial charge on any atom is -0.358 e. The maximum atomic E-state index is 12.4. The Balaban J connectivity index is 2.02. The topological polar surface area (TPSA) is 98.6 Å². The normalized spacial score (nSPS) is 11.5. The Kier molecular flexibility index (Phi) is 3.60. The van der Waals surface area contributed by atoms with Gasteiger partial charge >= 0.3 is 0 Å². The third-order valence-electron chi connectivity index (χ3n) is 3.19. The number of aromatic nitrogens is 2. The van der Waals surface area contributed by atoms with Crippen molar-refractivity contribution in [1.82, 2.24) is 9.97 Å². The number of aryl methyl sites for hydroxylation is 1. The van der Waals surface area contributed by atoms with Crippen LogP contribution in [0.5, 0.6) is 0 Å². The van der Waals surface area contributed by atoms with Crippen molar-refractivity contribution in [2.45, 2.75) is 18.4 Å². The zero-order valence-electron chi connectivity index (χ0n) is 11.6. The van der Waals surface area contributed by atoms with Crippen molar-refractivity contribution in [2.75, 3.05) is 4.72 Å². The van der Waals surface area contributed by atoms with E-state index in [1.165, 1.54) is 16.7 Å². The van der Waals surface area contributed by atoms with Crippen molar-refractivity contribution in [3.8, 4) is 6.07 Å². The number of aromatic amines is 1. The molecule has 0 saturated heterocycles. The molecule has 0 unspecified atom stereocenters. The summed E-state index contributed by atoms with van der Waals surface area (Å²) in [6, 6.07) is 7.17. The zero-order valence-corrected chi connectivity index (χ0v) is 13.3. The van der Waals surface area contributed by atoms with E-state index in [-0.39, 0.29) is 5.03 Å². The van der Waals surface area contributed by atoms with Crippen molar-refractivity contribution in [3.05, 3.63) is 40.3 Å². The van der Waals surface area contributed by atoms with Crippen LogP contribution < -0.4 is 4.72 Å². The molecule has 0 bridgehead atoms. The summed E-state index contributed by atoms with van der Waals surface area (Å²) >= 11 is 1.32. The Morgan fingerprint density at radius 2 is 2.27 bits per heavy atom. The van der Waals surface area contributed by atoms with Gasteiger partial charge in [0.05, 0.1) is 21.8 Å². The zero-order chi connectivity index (χ0) is 15.7. The number of nitrogens with one attached hydrogen (secondary N) is 2. The number of fused-ring (bicyclic) bond motifs is 1. The molecule has 0 fully saturated rings. The fourth-order valence-electron chi connectivity index (χ4n) is 2.11. The van der Waals surface area contributed by atoms with E-state index in [0.29, 0.717) is 28.6 Å². The van der Waals surface area contributed by atoms with E-state index in [1.807, 2.05) is 6.92 Å². The minimum absolute atomic E-state index is 0.0124. The van der Waals surface area contributed by atoms with Crippen LogP contribution in [0.15, 0.2) is 34.8 Å². The summed E-state index contributed by atoms with van der Waals surface area (Å²) in [5.74, 6) is 0. The van der Waals surface area contributed by atoms with Gasteiger partial charge in [-0.2, -0.15) is 13.7 Å². The van der Waals surface area contributed by atoms with E-state index in [9.17, 15) is 8.42 Å². The van der Waals surface area contributed by atoms with Crippen molar-refractivity contribution in [2.24, 2.45) is 0 Å². The third-order valence-corrected chi connectivity index (χ3v) is 5.58. The predicted molar refractivity (Wildman–Crippen MR) is 85.3 cm³/mol. The van der Waals surface area contributed by atoms with Crippen LogP contribution >= 0.6 is 11.3 Å². The molecule has 1 aromatic carbocycles. The fraction of sp³-hybridized carbons (Fsp3) is 0.143. The van der Waals surface area contributed by atoms with Gasteiger partial charge in [0.15, 0.2) is 5.03 Å². The molecular weight excluding hydrogens is 320 g/mol. The highest BCUT2D eigenvalue weighted by molar-refractivity contribution is 7.92. The van der Waals surface area contributed by atoms with Gasteiger partial charge in [-0.1, -0.05) is 19.1 Å². The number of hydrogen-bond donors (Lipinski definition) is 2. The lowest BCUT2D eigenvalue weighted by atomic mass is 10.2. The average molecular weight is 332 g/mol. The van der Waals surface area contributed by atoms with E-state index in [2.05, 4.69) is 20.8 Å². The Labute approximate surface area is 131 Å². The van der Waals surface area contributed by atoms with Crippen LogP contribution in [0.3, 0.4) is 0 Å². The summed E-state index contributed by atoms with van der Waals surface area (Å²) in [6.07, 6.45) is 2.25. The van der Waals surface area contributed by atoms with Crippen molar-refractivity contribution in [3.63, 3.8) is 0 Å². The quantitative estimate of drug-likeness (QED) is 0.767. The van der Waals surface area contributed by atoms with Crippen molar-refractivity contribution in [1.29, 1.82) is 5.26 Å². The van der Waals surface area contributed by atoms with Gasteiger partial charge in [0.2, 0.25) is 0 Å². The Morgan fingerprint density at radius 3 is 2.95 bits per heavy atom. The van der Waals surface area contributed by atoms with Gasteiger partial charge in [-0.25, -0.2) is 4.98 Å². The summed E-state index contributed by atoms with van der Waals surface area (Å²) in [5.41, 5.74) is 1.44. The fourth-order valence-corrected chi connectivity index (χ4v) is 4.22. The Morgan fingerprint density at radius 1 is 1.45 bits per heavy atom. The lowest BCUT2D eigenvalue weighted by molar-refractivity contribution is 0.598. The summed E-state index contributed by atoms with van der Waals surface area (Å²) in [7, 11) is -3.75. The first-order valence-electron chi connectivity index (χ1n) is 6.52. The number of nitriles is 1. The number of nitrogens with zero attached hydrogens (tertiary/aromatic N) is 2. The first-order valence-corrected chi connectivity index (χ1v) is 8.89. The van der Waals surface area contributed by atoms with Crippen LogP contribution in [0.1, 0.15) is 17.5 Å².